The van der Waals surface area contributed by atoms with Gasteiger partial charge in [0.2, 0.25) is 5.91 Å². The molecule has 2 unspecified atom stereocenters. The largest absolute Gasteiger partial charge is 0.379 e. The molecule has 0 aromatic heterocycles. The molecule has 1 saturated heterocycles. The molecule has 0 aliphatic carbocycles. The molecule has 2 aliphatic rings. The van der Waals surface area contributed by atoms with Crippen molar-refractivity contribution in [1.29, 1.82) is 0 Å². The Morgan fingerprint density at radius 2 is 2.00 bits per heavy atom. The van der Waals surface area contributed by atoms with E-state index in [9.17, 15) is 4.79 Å². The number of hydrogen-bond acceptors (Lipinski definition) is 4. The quantitative estimate of drug-likeness (QED) is 0.480. The number of fused-ring (bicyclic) bond motifs is 1. The molecule has 0 saturated carbocycles. The van der Waals surface area contributed by atoms with Crippen molar-refractivity contribution in [3.05, 3.63) is 65.2 Å². The SMILES string of the molecule is CN=C(NCC1CC(=O)Nc2ccccc21)NCC(c1cccc(C)c1)N1CCOCC1. The van der Waals surface area contributed by atoms with Crippen LogP contribution in [-0.4, -0.2) is 63.2 Å². The number of guanidine groups is 1. The van der Waals surface area contributed by atoms with Crippen LogP contribution in [0.2, 0.25) is 0 Å². The number of para-hydroxylation sites is 1. The van der Waals surface area contributed by atoms with Gasteiger partial charge in [-0.1, -0.05) is 48.0 Å². The summed E-state index contributed by atoms with van der Waals surface area (Å²) in [6, 6.07) is 17.0. The normalized spacial score (nSPS) is 20.2. The summed E-state index contributed by atoms with van der Waals surface area (Å²) < 4.78 is 5.57. The molecule has 170 valence electrons. The molecule has 2 heterocycles. The predicted octanol–water partition coefficient (Wildman–Crippen LogP) is 2.66. The van der Waals surface area contributed by atoms with Gasteiger partial charge >= 0.3 is 0 Å². The van der Waals surface area contributed by atoms with E-state index in [1.807, 2.05) is 18.2 Å². The molecule has 32 heavy (non-hydrogen) atoms. The Bertz CT molecular complexity index is 955. The Morgan fingerprint density at radius 1 is 1.19 bits per heavy atom. The number of carbonyl (C=O) groups excluding carboxylic acids is 1. The first-order chi connectivity index (χ1) is 15.6. The van der Waals surface area contributed by atoms with E-state index < -0.39 is 0 Å². The lowest BCUT2D eigenvalue weighted by Gasteiger charge is -2.35. The third kappa shape index (κ3) is 5.47. The van der Waals surface area contributed by atoms with Gasteiger partial charge in [-0.15, -0.1) is 0 Å². The summed E-state index contributed by atoms with van der Waals surface area (Å²) in [7, 11) is 1.78. The number of rotatable bonds is 6. The second-order valence-corrected chi connectivity index (χ2v) is 8.45. The number of anilines is 1. The topological polar surface area (TPSA) is 78.0 Å². The van der Waals surface area contributed by atoms with Gasteiger partial charge in [-0.05, 0) is 24.1 Å². The minimum atomic E-state index is 0.0604. The van der Waals surface area contributed by atoms with Crippen LogP contribution < -0.4 is 16.0 Å². The van der Waals surface area contributed by atoms with Gasteiger partial charge in [-0.25, -0.2) is 0 Å². The number of aliphatic imine (C=N–C) groups is 1. The highest BCUT2D eigenvalue weighted by Crippen LogP contribution is 2.31. The number of carbonyl (C=O) groups is 1. The van der Waals surface area contributed by atoms with Crippen molar-refractivity contribution in [2.24, 2.45) is 4.99 Å². The number of aryl methyl sites for hydroxylation is 1. The summed E-state index contributed by atoms with van der Waals surface area (Å²) in [5.74, 6) is 0.926. The first kappa shape index (κ1) is 22.3. The third-order valence-corrected chi connectivity index (χ3v) is 6.22. The van der Waals surface area contributed by atoms with E-state index in [0.29, 0.717) is 13.0 Å². The van der Waals surface area contributed by atoms with Gasteiger partial charge in [0.15, 0.2) is 5.96 Å². The molecule has 3 N–H and O–H groups in total. The van der Waals surface area contributed by atoms with Crippen molar-refractivity contribution < 1.29 is 9.53 Å². The van der Waals surface area contributed by atoms with Gasteiger partial charge in [-0.3, -0.25) is 14.7 Å². The van der Waals surface area contributed by atoms with Gasteiger partial charge in [-0.2, -0.15) is 0 Å². The Morgan fingerprint density at radius 3 is 2.78 bits per heavy atom. The van der Waals surface area contributed by atoms with E-state index in [4.69, 9.17) is 4.74 Å². The lowest BCUT2D eigenvalue weighted by molar-refractivity contribution is -0.116. The number of ether oxygens (including phenoxy) is 1. The highest BCUT2D eigenvalue weighted by molar-refractivity contribution is 5.94. The zero-order chi connectivity index (χ0) is 22.3. The summed E-state index contributed by atoms with van der Waals surface area (Å²) in [5, 5.41) is 9.92. The second-order valence-electron chi connectivity index (χ2n) is 8.45. The fourth-order valence-corrected chi connectivity index (χ4v) is 4.54. The highest BCUT2D eigenvalue weighted by atomic mass is 16.5. The van der Waals surface area contributed by atoms with Gasteiger partial charge in [0.25, 0.3) is 0 Å². The van der Waals surface area contributed by atoms with Crippen LogP contribution in [0, 0.1) is 6.92 Å². The Labute approximate surface area is 190 Å². The predicted molar refractivity (Wildman–Crippen MR) is 128 cm³/mol. The number of morpholine rings is 1. The van der Waals surface area contributed by atoms with E-state index >= 15 is 0 Å². The smallest absolute Gasteiger partial charge is 0.225 e. The number of amides is 1. The van der Waals surface area contributed by atoms with Gasteiger partial charge < -0.3 is 20.7 Å². The van der Waals surface area contributed by atoms with Crippen LogP contribution in [0.5, 0.6) is 0 Å². The van der Waals surface area contributed by atoms with Crippen molar-refractivity contribution in [1.82, 2.24) is 15.5 Å². The molecule has 0 bridgehead atoms. The molecule has 1 amide bonds. The summed E-state index contributed by atoms with van der Waals surface area (Å²) in [6.45, 7) is 6.88. The molecular formula is C25H33N5O2. The maximum Gasteiger partial charge on any atom is 0.225 e. The summed E-state index contributed by atoms with van der Waals surface area (Å²) in [6.07, 6.45) is 0.473. The van der Waals surface area contributed by atoms with E-state index in [1.165, 1.54) is 16.7 Å². The van der Waals surface area contributed by atoms with Crippen molar-refractivity contribution in [3.63, 3.8) is 0 Å². The molecule has 2 aromatic rings. The Balaban J connectivity index is 1.40. The van der Waals surface area contributed by atoms with Crippen LogP contribution in [0.1, 0.15) is 35.1 Å². The monoisotopic (exact) mass is 435 g/mol. The number of hydrogen-bond donors (Lipinski definition) is 3. The fraction of sp³-hybridized carbons (Fsp3) is 0.440. The standard InChI is InChI=1S/C25H33N5O2/c1-18-6-5-7-19(14-18)23(30-10-12-32-13-11-30)17-28-25(26-2)27-16-20-15-24(31)29-22-9-4-3-8-21(20)22/h3-9,14,20,23H,10-13,15-17H2,1-2H3,(H,29,31)(H2,26,27,28). The lowest BCUT2D eigenvalue weighted by atomic mass is 9.90. The zero-order valence-electron chi connectivity index (χ0n) is 18.9. The molecule has 2 atom stereocenters. The van der Waals surface area contributed by atoms with Crippen LogP contribution in [0.25, 0.3) is 0 Å². The minimum absolute atomic E-state index is 0.0604. The lowest BCUT2D eigenvalue weighted by Crippen LogP contribution is -2.47. The molecule has 7 nitrogen and oxygen atoms in total. The Hall–Kier alpha value is -2.90. The van der Waals surface area contributed by atoms with E-state index in [2.05, 4.69) is 63.1 Å². The first-order valence-electron chi connectivity index (χ1n) is 11.4. The van der Waals surface area contributed by atoms with Crippen molar-refractivity contribution >= 4 is 17.6 Å². The van der Waals surface area contributed by atoms with Gasteiger partial charge in [0.1, 0.15) is 0 Å². The third-order valence-electron chi connectivity index (χ3n) is 6.22. The van der Waals surface area contributed by atoms with Crippen molar-refractivity contribution in [2.75, 3.05) is 51.8 Å². The van der Waals surface area contributed by atoms with E-state index in [-0.39, 0.29) is 17.9 Å². The van der Waals surface area contributed by atoms with Crippen LogP contribution in [-0.2, 0) is 9.53 Å². The highest BCUT2D eigenvalue weighted by Gasteiger charge is 2.26. The summed E-state index contributed by atoms with van der Waals surface area (Å²) in [5.41, 5.74) is 4.64. The number of benzene rings is 2. The molecule has 4 rings (SSSR count). The average molecular weight is 436 g/mol. The van der Waals surface area contributed by atoms with Crippen molar-refractivity contribution in [3.8, 4) is 0 Å². The minimum Gasteiger partial charge on any atom is -0.379 e. The molecular weight excluding hydrogens is 402 g/mol. The molecule has 7 heteroatoms. The number of nitrogens with zero attached hydrogens (tertiary/aromatic N) is 2. The van der Waals surface area contributed by atoms with Crippen LogP contribution in [0.15, 0.2) is 53.5 Å². The van der Waals surface area contributed by atoms with Crippen LogP contribution in [0.4, 0.5) is 5.69 Å². The van der Waals surface area contributed by atoms with Gasteiger partial charge in [0.05, 0.1) is 19.3 Å². The average Bonchev–Trinajstić information content (AvgIpc) is 2.81. The molecule has 2 aliphatic heterocycles. The second kappa shape index (κ2) is 10.6. The molecule has 2 aromatic carbocycles. The van der Waals surface area contributed by atoms with Crippen LogP contribution in [0.3, 0.4) is 0 Å². The molecule has 0 radical (unpaired) electrons. The summed E-state index contributed by atoms with van der Waals surface area (Å²) in [4.78, 5) is 19.0. The molecule has 0 spiro atoms. The van der Waals surface area contributed by atoms with Crippen molar-refractivity contribution in [2.45, 2.75) is 25.3 Å². The fourth-order valence-electron chi connectivity index (χ4n) is 4.54. The van der Waals surface area contributed by atoms with Crippen LogP contribution >= 0.6 is 0 Å². The maximum atomic E-state index is 12.1. The molecule has 1 fully saturated rings. The number of nitrogens with one attached hydrogen (secondary N) is 3. The van der Waals surface area contributed by atoms with Gasteiger partial charge in [0, 0.05) is 51.3 Å². The summed E-state index contributed by atoms with van der Waals surface area (Å²) >= 11 is 0. The first-order valence-corrected chi connectivity index (χ1v) is 11.4. The van der Waals surface area contributed by atoms with E-state index in [0.717, 1.165) is 44.5 Å². The maximum absolute atomic E-state index is 12.1. The zero-order valence-corrected chi connectivity index (χ0v) is 18.9. The van der Waals surface area contributed by atoms with E-state index in [1.54, 1.807) is 7.05 Å². The Kier molecular flexibility index (Phi) is 7.39.